The van der Waals surface area contributed by atoms with Gasteiger partial charge >= 0.3 is 0 Å². The number of benzene rings is 3. The molecule has 0 atom stereocenters. The Balaban J connectivity index is 1.55. The van der Waals surface area contributed by atoms with Crippen LogP contribution >= 0.6 is 0 Å². The third-order valence-electron chi connectivity index (χ3n) is 6.75. The number of para-hydroxylation sites is 2. The van der Waals surface area contributed by atoms with Gasteiger partial charge in [0, 0.05) is 17.5 Å². The summed E-state index contributed by atoms with van der Waals surface area (Å²) in [4.78, 5) is 13.7. The van der Waals surface area contributed by atoms with Crippen molar-refractivity contribution in [2.75, 3.05) is 0 Å². The maximum absolute atomic E-state index is 13.7. The largest absolute Gasteiger partial charge is 0.487 e. The molecule has 2 heterocycles. The topological polar surface area (TPSA) is 60.0 Å². The van der Waals surface area contributed by atoms with Crippen LogP contribution < -0.4 is 10.4 Å². The second kappa shape index (κ2) is 8.26. The van der Waals surface area contributed by atoms with Crippen LogP contribution in [0.3, 0.4) is 0 Å². The van der Waals surface area contributed by atoms with E-state index in [1.54, 1.807) is 0 Å². The number of imidazole rings is 1. The van der Waals surface area contributed by atoms with Crippen molar-refractivity contribution in [2.24, 2.45) is 0 Å². The van der Waals surface area contributed by atoms with E-state index in [1.807, 2.05) is 63.7 Å². The van der Waals surface area contributed by atoms with Crippen molar-refractivity contribution in [3.63, 3.8) is 0 Å². The molecule has 0 radical (unpaired) electrons. The van der Waals surface area contributed by atoms with Gasteiger partial charge in [0.25, 0.3) is 0 Å². The number of hydrogen-bond acceptors (Lipinski definition) is 3. The molecule has 5 heteroatoms. The monoisotopic (exact) mass is 467 g/mol. The SMILES string of the molecule is CC1(C)Cc2cc(C(=O)Cn3c(=N)n(Cc4ccccc4)c4ccccc43)cc(C(C)(C)C)c2O1. The second-order valence-electron chi connectivity index (χ2n) is 11.2. The number of ketones is 1. The number of carbonyl (C=O) groups is 1. The molecule has 0 aliphatic carbocycles. The Morgan fingerprint density at radius 1 is 0.971 bits per heavy atom. The van der Waals surface area contributed by atoms with Gasteiger partial charge in [-0.2, -0.15) is 0 Å². The molecule has 0 saturated heterocycles. The lowest BCUT2D eigenvalue weighted by atomic mass is 9.83. The lowest BCUT2D eigenvalue weighted by Crippen LogP contribution is -2.28. The summed E-state index contributed by atoms with van der Waals surface area (Å²) >= 11 is 0. The van der Waals surface area contributed by atoms with Crippen LogP contribution in [-0.4, -0.2) is 20.5 Å². The van der Waals surface area contributed by atoms with E-state index in [-0.39, 0.29) is 23.3 Å². The summed E-state index contributed by atoms with van der Waals surface area (Å²) in [7, 11) is 0. The highest BCUT2D eigenvalue weighted by Gasteiger charge is 2.35. The van der Waals surface area contributed by atoms with E-state index in [9.17, 15) is 4.79 Å². The average molecular weight is 468 g/mol. The van der Waals surface area contributed by atoms with Gasteiger partial charge in [-0.05, 0) is 54.7 Å². The van der Waals surface area contributed by atoms with Gasteiger partial charge in [0.2, 0.25) is 5.62 Å². The molecule has 1 N–H and O–H groups in total. The molecular weight excluding hydrogens is 434 g/mol. The van der Waals surface area contributed by atoms with Crippen molar-refractivity contribution in [3.8, 4) is 5.75 Å². The number of ether oxygens (including phenoxy) is 1. The van der Waals surface area contributed by atoms with Crippen molar-refractivity contribution in [3.05, 3.63) is 94.6 Å². The van der Waals surface area contributed by atoms with E-state index in [0.29, 0.717) is 17.7 Å². The molecular formula is C30H33N3O2. The molecule has 1 aliphatic rings. The Hall–Kier alpha value is -3.60. The Labute approximate surface area is 206 Å². The number of aromatic nitrogens is 2. The molecule has 1 aromatic heterocycles. The molecule has 35 heavy (non-hydrogen) atoms. The highest BCUT2D eigenvalue weighted by Crippen LogP contribution is 2.43. The minimum Gasteiger partial charge on any atom is -0.487 e. The number of rotatable bonds is 5. The third-order valence-corrected chi connectivity index (χ3v) is 6.75. The molecule has 0 saturated carbocycles. The number of Topliss-reactive ketones (excluding diaryl/α,β-unsaturated/α-hetero) is 1. The van der Waals surface area contributed by atoms with Crippen LogP contribution in [0.15, 0.2) is 66.7 Å². The van der Waals surface area contributed by atoms with Crippen LogP contribution in [0.5, 0.6) is 5.75 Å². The van der Waals surface area contributed by atoms with Crippen LogP contribution in [0.25, 0.3) is 11.0 Å². The molecule has 0 amide bonds. The lowest BCUT2D eigenvalue weighted by molar-refractivity contribution is 0.0971. The fraction of sp³-hybridized carbons (Fsp3) is 0.333. The molecule has 0 fully saturated rings. The normalized spacial score (nSPS) is 14.7. The van der Waals surface area contributed by atoms with Crippen LogP contribution in [-0.2, 0) is 24.9 Å². The molecule has 180 valence electrons. The quantitative estimate of drug-likeness (QED) is 0.374. The first-order chi connectivity index (χ1) is 16.5. The molecule has 0 bridgehead atoms. The van der Waals surface area contributed by atoms with Gasteiger partial charge in [0.05, 0.1) is 24.1 Å². The first-order valence-electron chi connectivity index (χ1n) is 12.2. The molecule has 0 spiro atoms. The number of nitrogens with one attached hydrogen (secondary N) is 1. The average Bonchev–Trinajstić information content (AvgIpc) is 3.25. The van der Waals surface area contributed by atoms with Crippen molar-refractivity contribution in [2.45, 2.75) is 65.1 Å². The van der Waals surface area contributed by atoms with Crippen LogP contribution in [0.2, 0.25) is 0 Å². The molecule has 4 aromatic rings. The Morgan fingerprint density at radius 3 is 2.26 bits per heavy atom. The fourth-order valence-electron chi connectivity index (χ4n) is 5.05. The predicted molar refractivity (Wildman–Crippen MR) is 139 cm³/mol. The second-order valence-corrected chi connectivity index (χ2v) is 11.2. The van der Waals surface area contributed by atoms with E-state index in [0.717, 1.165) is 39.9 Å². The summed E-state index contributed by atoms with van der Waals surface area (Å²) in [5.74, 6) is 0.927. The smallest absolute Gasteiger partial charge is 0.203 e. The zero-order chi connectivity index (χ0) is 25.0. The van der Waals surface area contributed by atoms with E-state index in [1.165, 1.54) is 0 Å². The predicted octanol–water partition coefficient (Wildman–Crippen LogP) is 5.86. The van der Waals surface area contributed by atoms with Crippen molar-refractivity contribution in [1.82, 2.24) is 9.13 Å². The molecule has 3 aromatic carbocycles. The van der Waals surface area contributed by atoms with Gasteiger partial charge in [-0.15, -0.1) is 0 Å². The van der Waals surface area contributed by atoms with Gasteiger partial charge in [-0.3, -0.25) is 10.2 Å². The number of fused-ring (bicyclic) bond motifs is 2. The molecule has 5 nitrogen and oxygen atoms in total. The van der Waals surface area contributed by atoms with E-state index < -0.39 is 0 Å². The van der Waals surface area contributed by atoms with Crippen molar-refractivity contribution < 1.29 is 9.53 Å². The number of carbonyl (C=O) groups excluding carboxylic acids is 1. The Bertz CT molecular complexity index is 1480. The fourth-order valence-corrected chi connectivity index (χ4v) is 5.05. The molecule has 1 aliphatic heterocycles. The van der Waals surface area contributed by atoms with Crippen molar-refractivity contribution in [1.29, 1.82) is 5.41 Å². The van der Waals surface area contributed by atoms with Crippen LogP contribution in [0.4, 0.5) is 0 Å². The molecule has 5 rings (SSSR count). The van der Waals surface area contributed by atoms with Gasteiger partial charge in [0.1, 0.15) is 11.4 Å². The zero-order valence-electron chi connectivity index (χ0n) is 21.2. The minimum atomic E-state index is -0.280. The highest BCUT2D eigenvalue weighted by molar-refractivity contribution is 5.97. The van der Waals surface area contributed by atoms with Crippen LogP contribution in [0.1, 0.15) is 61.7 Å². The zero-order valence-corrected chi connectivity index (χ0v) is 21.2. The van der Waals surface area contributed by atoms with Gasteiger partial charge < -0.3 is 13.9 Å². The summed E-state index contributed by atoms with van der Waals surface area (Å²) in [6.07, 6.45) is 0.778. The number of hydrogen-bond donors (Lipinski definition) is 1. The molecule has 0 unspecified atom stereocenters. The van der Waals surface area contributed by atoms with Crippen molar-refractivity contribution >= 4 is 16.8 Å². The Kier molecular flexibility index (Phi) is 5.47. The number of nitrogens with zero attached hydrogens (tertiary/aromatic N) is 2. The Morgan fingerprint density at radius 2 is 1.60 bits per heavy atom. The first-order valence-corrected chi connectivity index (χ1v) is 12.2. The summed E-state index contributed by atoms with van der Waals surface area (Å²) in [5.41, 5.74) is 5.69. The first kappa shape index (κ1) is 23.2. The summed E-state index contributed by atoms with van der Waals surface area (Å²) in [6.45, 7) is 11.3. The standard InChI is InChI=1S/C30H33N3O2/c1-29(2,3)23-16-21(15-22-17-30(4,5)35-27(22)23)26(34)19-33-25-14-10-9-13-24(25)32(28(33)31)18-20-11-7-6-8-12-20/h6-16,31H,17-19H2,1-5H3. The summed E-state index contributed by atoms with van der Waals surface area (Å²) in [5, 5.41) is 8.95. The maximum atomic E-state index is 13.7. The van der Waals surface area contributed by atoms with Crippen LogP contribution in [0, 0.1) is 5.41 Å². The summed E-state index contributed by atoms with van der Waals surface area (Å²) in [6, 6.07) is 22.1. The van der Waals surface area contributed by atoms with E-state index in [4.69, 9.17) is 10.1 Å². The highest BCUT2D eigenvalue weighted by atomic mass is 16.5. The van der Waals surface area contributed by atoms with E-state index in [2.05, 4.69) is 46.8 Å². The van der Waals surface area contributed by atoms with Gasteiger partial charge in [0.15, 0.2) is 5.78 Å². The van der Waals surface area contributed by atoms with Gasteiger partial charge in [-0.1, -0.05) is 63.2 Å². The van der Waals surface area contributed by atoms with E-state index >= 15 is 0 Å². The minimum absolute atomic E-state index is 0.00382. The lowest BCUT2D eigenvalue weighted by Gasteiger charge is -2.25. The van der Waals surface area contributed by atoms with Gasteiger partial charge in [-0.25, -0.2) is 0 Å². The summed E-state index contributed by atoms with van der Waals surface area (Å²) < 4.78 is 10.1. The maximum Gasteiger partial charge on any atom is 0.203 e. The third kappa shape index (κ3) is 4.31.